The second kappa shape index (κ2) is 13.6. The number of benzene rings is 4. The number of carbonyl (C=O) groups excluding carboxylic acids is 2. The van der Waals surface area contributed by atoms with Crippen LogP contribution < -0.4 is 10.1 Å². The molecule has 6 rings (SSSR count). The molecule has 2 N–H and O–H groups in total. The normalized spacial score (nSPS) is 19.5. The molecule has 0 bridgehead atoms. The zero-order chi connectivity index (χ0) is 31.6. The van der Waals surface area contributed by atoms with Crippen LogP contribution in [0.4, 0.5) is 0 Å². The molecular weight excluding hydrogens is 695 g/mol. The summed E-state index contributed by atoms with van der Waals surface area (Å²) < 4.78 is 5.11. The Morgan fingerprint density at radius 1 is 1.00 bits per heavy atom. The maximum Gasteiger partial charge on any atom is 0.239 e. The van der Waals surface area contributed by atoms with E-state index in [2.05, 4.69) is 64.3 Å². The van der Waals surface area contributed by atoms with E-state index in [0.29, 0.717) is 13.0 Å². The number of hydrogen-bond acceptors (Lipinski definition) is 5. The van der Waals surface area contributed by atoms with Crippen LogP contribution in [0.3, 0.4) is 0 Å². The van der Waals surface area contributed by atoms with Crippen molar-refractivity contribution in [3.63, 3.8) is 0 Å². The second-order valence-electron chi connectivity index (χ2n) is 11.9. The Morgan fingerprint density at radius 2 is 1.67 bits per heavy atom. The first-order valence-corrected chi connectivity index (χ1v) is 17.1. The summed E-state index contributed by atoms with van der Waals surface area (Å²) in [5.74, 6) is 0.643. The van der Waals surface area contributed by atoms with Crippen LogP contribution in [0.25, 0.3) is 0 Å². The van der Waals surface area contributed by atoms with Gasteiger partial charge in [0.2, 0.25) is 11.8 Å². The highest BCUT2D eigenvalue weighted by molar-refractivity contribution is 14.1. The Labute approximate surface area is 282 Å². The maximum atomic E-state index is 14.7. The van der Waals surface area contributed by atoms with Gasteiger partial charge in [-0.3, -0.25) is 9.59 Å². The molecule has 0 saturated carbocycles. The van der Waals surface area contributed by atoms with Gasteiger partial charge in [-0.15, -0.1) is 11.8 Å². The highest BCUT2D eigenvalue weighted by Gasteiger charge is 2.60. The summed E-state index contributed by atoms with van der Waals surface area (Å²) >= 11 is 3.79. The maximum absolute atomic E-state index is 14.7. The van der Waals surface area contributed by atoms with E-state index in [1.165, 1.54) is 22.9 Å². The minimum Gasteiger partial charge on any atom is -0.497 e. The third-order valence-electron chi connectivity index (χ3n) is 8.95. The molecule has 2 aliphatic rings. The molecule has 6 nitrogen and oxygen atoms in total. The number of fused-ring (bicyclic) bond motifs is 1. The summed E-state index contributed by atoms with van der Waals surface area (Å²) in [5, 5.41) is 13.1. The van der Waals surface area contributed by atoms with Gasteiger partial charge in [-0.05, 0) is 107 Å². The zero-order valence-electron chi connectivity index (χ0n) is 25.5. The van der Waals surface area contributed by atoms with E-state index in [0.717, 1.165) is 49.3 Å². The van der Waals surface area contributed by atoms with Crippen LogP contribution >= 0.6 is 34.4 Å². The molecule has 2 amide bonds. The quantitative estimate of drug-likeness (QED) is 0.184. The van der Waals surface area contributed by atoms with Crippen molar-refractivity contribution < 1.29 is 19.4 Å². The molecule has 8 heteroatoms. The fraction of sp³-hybridized carbons (Fsp3) is 0.297. The summed E-state index contributed by atoms with van der Waals surface area (Å²) in [6.07, 6.45) is 2.27. The largest absolute Gasteiger partial charge is 0.497 e. The van der Waals surface area contributed by atoms with Crippen LogP contribution in [-0.4, -0.2) is 46.3 Å². The van der Waals surface area contributed by atoms with Crippen LogP contribution in [0.2, 0.25) is 0 Å². The number of aliphatic hydroxyl groups is 1. The van der Waals surface area contributed by atoms with Crippen LogP contribution in [0.15, 0.2) is 95.9 Å². The van der Waals surface area contributed by atoms with Crippen LogP contribution in [0.5, 0.6) is 5.75 Å². The minimum atomic E-state index is -1.11. The summed E-state index contributed by atoms with van der Waals surface area (Å²) in [4.78, 5) is 32.0. The molecule has 1 fully saturated rings. The summed E-state index contributed by atoms with van der Waals surface area (Å²) in [6, 6.07) is 29.8. The molecular formula is C37H37IN2O4S. The Bertz CT molecular complexity index is 1670. The van der Waals surface area contributed by atoms with E-state index in [1.807, 2.05) is 66.4 Å². The van der Waals surface area contributed by atoms with Gasteiger partial charge in [-0.25, -0.2) is 0 Å². The van der Waals surface area contributed by atoms with Crippen molar-refractivity contribution in [2.45, 2.75) is 60.9 Å². The lowest BCUT2D eigenvalue weighted by Gasteiger charge is -2.39. The number of nitrogens with zero attached hydrogens (tertiary/aromatic N) is 1. The number of aliphatic hydroxyl groups excluding tert-OH is 1. The third-order valence-corrected chi connectivity index (χ3v) is 11.3. The Hall–Kier alpha value is -3.34. The lowest BCUT2D eigenvalue weighted by atomic mass is 9.90. The minimum absolute atomic E-state index is 0.00948. The molecule has 1 aliphatic heterocycles. The number of ether oxygens (including phenoxy) is 1. The highest BCUT2D eigenvalue weighted by Crippen LogP contribution is 2.55. The summed E-state index contributed by atoms with van der Waals surface area (Å²) in [7, 11) is 1.64. The SMILES string of the molecule is COc1ccc(CCNC(=O)[C@@]2(Sc3ccc(C)cc3)CC(=O)N(C3Cc4ccccc4C3)[C@@H]2c2ccc(CO)cc2I)cc1. The molecule has 2 atom stereocenters. The van der Waals surface area contributed by atoms with Crippen molar-refractivity contribution >= 4 is 46.2 Å². The van der Waals surface area contributed by atoms with Crippen molar-refractivity contribution in [2.24, 2.45) is 0 Å². The lowest BCUT2D eigenvalue weighted by Crippen LogP contribution is -2.50. The monoisotopic (exact) mass is 732 g/mol. The second-order valence-corrected chi connectivity index (χ2v) is 14.4. The van der Waals surface area contributed by atoms with Gasteiger partial charge in [0.15, 0.2) is 0 Å². The van der Waals surface area contributed by atoms with Crippen molar-refractivity contribution in [3.8, 4) is 5.75 Å². The fourth-order valence-electron chi connectivity index (χ4n) is 6.64. The molecule has 4 aromatic rings. The van der Waals surface area contributed by atoms with Gasteiger partial charge in [-0.2, -0.15) is 0 Å². The molecule has 0 aromatic heterocycles. The van der Waals surface area contributed by atoms with E-state index < -0.39 is 10.8 Å². The number of halogens is 1. The molecule has 0 unspecified atom stereocenters. The number of rotatable bonds is 10. The number of amides is 2. The molecule has 0 radical (unpaired) electrons. The van der Waals surface area contributed by atoms with Crippen molar-refractivity contribution in [2.75, 3.05) is 13.7 Å². The van der Waals surface area contributed by atoms with Crippen molar-refractivity contribution in [3.05, 3.63) is 128 Å². The predicted molar refractivity (Wildman–Crippen MR) is 186 cm³/mol. The van der Waals surface area contributed by atoms with Gasteiger partial charge in [-0.1, -0.05) is 66.2 Å². The van der Waals surface area contributed by atoms with Gasteiger partial charge in [0, 0.05) is 21.1 Å². The summed E-state index contributed by atoms with van der Waals surface area (Å²) in [5.41, 5.74) is 6.47. The van der Waals surface area contributed by atoms with Crippen molar-refractivity contribution in [1.29, 1.82) is 0 Å². The van der Waals surface area contributed by atoms with Gasteiger partial charge in [0.05, 0.1) is 26.2 Å². The Balaban J connectivity index is 1.40. The first-order valence-electron chi connectivity index (χ1n) is 15.3. The molecule has 0 spiro atoms. The van der Waals surface area contributed by atoms with Gasteiger partial charge in [0.25, 0.3) is 0 Å². The van der Waals surface area contributed by atoms with Crippen LogP contribution in [0.1, 0.15) is 45.8 Å². The van der Waals surface area contributed by atoms with Crippen LogP contribution in [-0.2, 0) is 35.5 Å². The molecule has 1 saturated heterocycles. The first-order chi connectivity index (χ1) is 21.8. The number of likely N-dealkylation sites (tertiary alicyclic amines) is 1. The Kier molecular flexibility index (Phi) is 9.54. The number of carbonyl (C=O) groups is 2. The smallest absolute Gasteiger partial charge is 0.239 e. The standard InChI is InChI=1S/C37H37IN2O4S/c1-24-7-14-31(15-8-24)45-37(36(43)39-18-17-25-9-12-30(44-2)13-10-25)22-34(42)40(29-20-27-5-3-4-6-28(27)21-29)35(37)32-16-11-26(23-41)19-33(32)38/h3-16,19,29,35,41H,17-18,20-23H2,1-2H3,(H,39,43)/t35-,37-/m1/s1. The molecule has 4 aromatic carbocycles. The van der Waals surface area contributed by atoms with Gasteiger partial charge < -0.3 is 20.1 Å². The number of thioether (sulfide) groups is 1. The average molecular weight is 733 g/mol. The number of aryl methyl sites for hydroxylation is 1. The Morgan fingerprint density at radius 3 is 2.29 bits per heavy atom. The number of hydrogen-bond donors (Lipinski definition) is 2. The highest BCUT2D eigenvalue weighted by atomic mass is 127. The fourth-order valence-corrected chi connectivity index (χ4v) is 8.92. The number of nitrogens with one attached hydrogen (secondary N) is 1. The van der Waals surface area contributed by atoms with E-state index in [4.69, 9.17) is 4.74 Å². The van der Waals surface area contributed by atoms with Gasteiger partial charge >= 0.3 is 0 Å². The predicted octanol–water partition coefficient (Wildman–Crippen LogP) is 6.43. The summed E-state index contributed by atoms with van der Waals surface area (Å²) in [6.45, 7) is 2.41. The van der Waals surface area contributed by atoms with Crippen molar-refractivity contribution in [1.82, 2.24) is 10.2 Å². The molecule has 1 aliphatic carbocycles. The topological polar surface area (TPSA) is 78.9 Å². The third kappa shape index (κ3) is 6.50. The van der Waals surface area contributed by atoms with Crippen LogP contribution in [0, 0.1) is 10.5 Å². The number of methoxy groups -OCH3 is 1. The van der Waals surface area contributed by atoms with E-state index >= 15 is 0 Å². The van der Waals surface area contributed by atoms with E-state index in [9.17, 15) is 14.7 Å². The molecule has 232 valence electrons. The van der Waals surface area contributed by atoms with E-state index in [-0.39, 0.29) is 30.9 Å². The zero-order valence-corrected chi connectivity index (χ0v) is 28.4. The molecule has 1 heterocycles. The average Bonchev–Trinajstić information content (AvgIpc) is 3.60. The van der Waals surface area contributed by atoms with Gasteiger partial charge in [0.1, 0.15) is 10.5 Å². The van der Waals surface area contributed by atoms with E-state index in [1.54, 1.807) is 7.11 Å². The lowest BCUT2D eigenvalue weighted by molar-refractivity contribution is -0.131. The molecule has 45 heavy (non-hydrogen) atoms. The first kappa shape index (κ1) is 31.6.